The zero-order chi connectivity index (χ0) is 14.9. The summed E-state index contributed by atoms with van der Waals surface area (Å²) in [6.45, 7) is 2.27. The van der Waals surface area contributed by atoms with E-state index in [1.54, 1.807) is 0 Å². The van der Waals surface area contributed by atoms with Gasteiger partial charge in [0.15, 0.2) is 0 Å². The number of carbonyl (C=O) groups is 1. The third-order valence-electron chi connectivity index (χ3n) is 3.99. The van der Waals surface area contributed by atoms with Crippen LogP contribution in [0.25, 0.3) is 0 Å². The molecule has 1 N–H and O–H groups in total. The Morgan fingerprint density at radius 2 is 0.909 bits per heavy atom. The summed E-state index contributed by atoms with van der Waals surface area (Å²) >= 11 is 0. The van der Waals surface area contributed by atoms with Crippen molar-refractivity contribution in [1.82, 2.24) is 0 Å². The van der Waals surface area contributed by atoms with E-state index in [0.717, 1.165) is 12.8 Å². The second kappa shape index (κ2) is 24.0. The summed E-state index contributed by atoms with van der Waals surface area (Å²) in [5, 5.41) is 8.52. The molecule has 0 atom stereocenters. The maximum atomic E-state index is 10.3. The first-order chi connectivity index (χ1) is 9.77. The van der Waals surface area contributed by atoms with E-state index < -0.39 is 5.97 Å². The van der Waals surface area contributed by atoms with Gasteiger partial charge < -0.3 is 5.11 Å². The Bertz CT molecular complexity index is 213. The topological polar surface area (TPSA) is 37.3 Å². The zero-order valence-corrected chi connectivity index (χ0v) is 15.0. The maximum absolute atomic E-state index is 10.3. The Morgan fingerprint density at radius 3 is 1.18 bits per heavy atom. The van der Waals surface area contributed by atoms with Crippen molar-refractivity contribution in [2.45, 2.75) is 110 Å². The fraction of sp³-hybridized carbons (Fsp3) is 0.944. The molecular formula is C18H38CoMgO2. The van der Waals surface area contributed by atoms with Gasteiger partial charge in [0.2, 0.25) is 0 Å². The summed E-state index contributed by atoms with van der Waals surface area (Å²) in [4.78, 5) is 10.3. The Balaban J connectivity index is -0.00000180. The van der Waals surface area contributed by atoms with Crippen LogP contribution in [-0.2, 0) is 21.6 Å². The minimum absolute atomic E-state index is 0. The summed E-state index contributed by atoms with van der Waals surface area (Å²) in [6.07, 6.45) is 20.2. The number of rotatable bonds is 16. The van der Waals surface area contributed by atoms with Crippen LogP contribution in [0.3, 0.4) is 0 Å². The monoisotopic (exact) mass is 369 g/mol. The summed E-state index contributed by atoms with van der Waals surface area (Å²) in [5.41, 5.74) is 0. The van der Waals surface area contributed by atoms with Crippen molar-refractivity contribution in [2.75, 3.05) is 0 Å². The first-order valence-corrected chi connectivity index (χ1v) is 8.99. The van der Waals surface area contributed by atoms with Gasteiger partial charge >= 0.3 is 29.0 Å². The van der Waals surface area contributed by atoms with E-state index in [2.05, 4.69) is 6.92 Å². The van der Waals surface area contributed by atoms with Gasteiger partial charge in [0.25, 0.3) is 0 Å². The van der Waals surface area contributed by atoms with Crippen LogP contribution >= 0.6 is 0 Å². The average Bonchev–Trinajstić information content (AvgIpc) is 2.43. The van der Waals surface area contributed by atoms with Gasteiger partial charge in [-0.25, -0.2) is 0 Å². The van der Waals surface area contributed by atoms with E-state index in [0.29, 0.717) is 6.42 Å². The standard InChI is InChI=1S/C18H36O2.Co.Mg.2H/c1-2-3-4-5-6-7-8-9-10-11-12-13-14-15-16-17-18(19)20;;;;/h2-17H2,1H3,(H,19,20);;;;. The van der Waals surface area contributed by atoms with Crippen LogP contribution in [0.15, 0.2) is 0 Å². The average molecular weight is 370 g/mol. The van der Waals surface area contributed by atoms with Gasteiger partial charge in [0, 0.05) is 23.2 Å². The predicted molar refractivity (Wildman–Crippen MR) is 95.7 cm³/mol. The van der Waals surface area contributed by atoms with Crippen LogP contribution in [0.2, 0.25) is 0 Å². The van der Waals surface area contributed by atoms with Crippen LogP contribution in [0.4, 0.5) is 0 Å². The van der Waals surface area contributed by atoms with Crippen molar-refractivity contribution < 1.29 is 26.7 Å². The van der Waals surface area contributed by atoms with Gasteiger partial charge in [-0.3, -0.25) is 4.79 Å². The number of carboxylic acids is 1. The van der Waals surface area contributed by atoms with Gasteiger partial charge in [-0.1, -0.05) is 96.8 Å². The second-order valence-corrected chi connectivity index (χ2v) is 6.09. The maximum Gasteiger partial charge on any atom is 0.316 e. The van der Waals surface area contributed by atoms with Crippen LogP contribution < -0.4 is 0 Å². The molecule has 0 bridgehead atoms. The Hall–Kier alpha value is 0.743. The molecule has 4 heteroatoms. The molecule has 0 aromatic rings. The summed E-state index contributed by atoms with van der Waals surface area (Å²) < 4.78 is 0. The van der Waals surface area contributed by atoms with Crippen molar-refractivity contribution >= 4 is 29.0 Å². The Kier molecular flexibility index (Phi) is 30.1. The molecule has 0 aliphatic rings. The molecule has 22 heavy (non-hydrogen) atoms. The number of hydrogen-bond donors (Lipinski definition) is 1. The molecule has 0 aromatic heterocycles. The van der Waals surface area contributed by atoms with Gasteiger partial charge in [-0.15, -0.1) is 0 Å². The van der Waals surface area contributed by atoms with Gasteiger partial charge in [-0.05, 0) is 6.42 Å². The number of hydrogen-bond acceptors (Lipinski definition) is 1. The predicted octanol–water partition coefficient (Wildman–Crippen LogP) is 5.41. The number of carboxylic acid groups (broad SMARTS) is 1. The third kappa shape index (κ3) is 25.7. The minimum Gasteiger partial charge on any atom is -0.481 e. The molecule has 0 saturated heterocycles. The molecule has 0 heterocycles. The van der Waals surface area contributed by atoms with E-state index in [1.165, 1.54) is 83.5 Å². The number of unbranched alkanes of at least 4 members (excludes halogenated alkanes) is 14. The summed E-state index contributed by atoms with van der Waals surface area (Å²) in [5.74, 6) is -0.653. The van der Waals surface area contributed by atoms with Crippen molar-refractivity contribution in [3.8, 4) is 0 Å². The quantitative estimate of drug-likeness (QED) is 0.291. The molecule has 0 rings (SSSR count). The van der Waals surface area contributed by atoms with Gasteiger partial charge in [0.1, 0.15) is 0 Å². The van der Waals surface area contributed by atoms with Crippen LogP contribution in [0, 0.1) is 0 Å². The smallest absolute Gasteiger partial charge is 0.316 e. The van der Waals surface area contributed by atoms with Gasteiger partial charge in [0.05, 0.1) is 0 Å². The molecule has 0 unspecified atom stereocenters. The molecule has 1 radical (unpaired) electrons. The molecule has 0 aliphatic carbocycles. The van der Waals surface area contributed by atoms with E-state index >= 15 is 0 Å². The van der Waals surface area contributed by atoms with Gasteiger partial charge in [-0.2, -0.15) is 0 Å². The minimum atomic E-state index is -0.653. The molecule has 2 nitrogen and oxygen atoms in total. The van der Waals surface area contributed by atoms with E-state index in [4.69, 9.17) is 5.11 Å². The van der Waals surface area contributed by atoms with Crippen LogP contribution in [0.5, 0.6) is 0 Å². The molecule has 0 fully saturated rings. The molecule has 0 saturated carbocycles. The van der Waals surface area contributed by atoms with E-state index in [9.17, 15) is 4.79 Å². The summed E-state index contributed by atoms with van der Waals surface area (Å²) in [6, 6.07) is 0. The van der Waals surface area contributed by atoms with Crippen molar-refractivity contribution in [1.29, 1.82) is 0 Å². The van der Waals surface area contributed by atoms with E-state index in [1.807, 2.05) is 0 Å². The molecular weight excluding hydrogens is 331 g/mol. The van der Waals surface area contributed by atoms with Crippen molar-refractivity contribution in [2.24, 2.45) is 0 Å². The Morgan fingerprint density at radius 1 is 0.636 bits per heavy atom. The first kappa shape index (κ1) is 27.6. The summed E-state index contributed by atoms with van der Waals surface area (Å²) in [7, 11) is 0. The zero-order valence-electron chi connectivity index (χ0n) is 14.0. The molecule has 0 amide bonds. The largest absolute Gasteiger partial charge is 0.481 e. The Labute approximate surface area is 164 Å². The molecule has 0 aromatic carbocycles. The fourth-order valence-corrected chi connectivity index (χ4v) is 2.65. The van der Waals surface area contributed by atoms with E-state index in [-0.39, 0.29) is 39.8 Å². The second-order valence-electron chi connectivity index (χ2n) is 6.09. The SMILES string of the molecule is CCCCCCCCCCCCCCCCCC(=O)O.[Co].[MgH2]. The van der Waals surface area contributed by atoms with Crippen molar-refractivity contribution in [3.05, 3.63) is 0 Å². The van der Waals surface area contributed by atoms with Crippen LogP contribution in [0.1, 0.15) is 110 Å². The van der Waals surface area contributed by atoms with Crippen LogP contribution in [-0.4, -0.2) is 34.1 Å². The molecule has 0 aliphatic heterocycles. The third-order valence-corrected chi connectivity index (χ3v) is 3.99. The first-order valence-electron chi connectivity index (χ1n) is 8.99. The number of aliphatic carboxylic acids is 1. The van der Waals surface area contributed by atoms with Crippen molar-refractivity contribution in [3.63, 3.8) is 0 Å². The fourth-order valence-electron chi connectivity index (χ4n) is 2.65. The molecule has 0 spiro atoms. The molecule has 133 valence electrons. The normalized spacial score (nSPS) is 9.86.